The fourth-order valence-electron chi connectivity index (χ4n) is 2.49. The molecule has 23 heavy (non-hydrogen) atoms. The van der Waals surface area contributed by atoms with Crippen LogP contribution in [0, 0.1) is 0 Å². The predicted molar refractivity (Wildman–Crippen MR) is 82.8 cm³/mol. The molecule has 0 amide bonds. The molecule has 7 nitrogen and oxygen atoms in total. The summed E-state index contributed by atoms with van der Waals surface area (Å²) in [6, 6.07) is 5.58. The largest absolute Gasteiger partial charge is 0.469 e. The highest BCUT2D eigenvalue weighted by molar-refractivity contribution is 5.86. The van der Waals surface area contributed by atoms with Crippen LogP contribution in [0.25, 0.3) is 22.6 Å². The van der Waals surface area contributed by atoms with Gasteiger partial charge in [-0.1, -0.05) is 12.1 Å². The van der Waals surface area contributed by atoms with Gasteiger partial charge in [0, 0.05) is 12.6 Å². The Hall–Kier alpha value is -2.96. The summed E-state index contributed by atoms with van der Waals surface area (Å²) < 4.78 is 10.8. The minimum atomic E-state index is -0.0761. The van der Waals surface area contributed by atoms with E-state index in [1.54, 1.807) is 12.5 Å². The second kappa shape index (κ2) is 5.35. The minimum Gasteiger partial charge on any atom is -0.469 e. The number of rotatable bonds is 4. The van der Waals surface area contributed by atoms with Gasteiger partial charge in [-0.15, -0.1) is 0 Å². The fraction of sp³-hybridized carbons (Fsp3) is 0.250. The lowest BCUT2D eigenvalue weighted by Crippen LogP contribution is -1.96. The van der Waals surface area contributed by atoms with Gasteiger partial charge in [-0.2, -0.15) is 4.98 Å². The summed E-state index contributed by atoms with van der Waals surface area (Å²) in [7, 11) is 0. The molecular weight excluding hydrogens is 294 g/mol. The van der Waals surface area contributed by atoms with Crippen molar-refractivity contribution < 1.29 is 8.94 Å². The molecule has 0 bridgehead atoms. The van der Waals surface area contributed by atoms with Gasteiger partial charge in [-0.05, 0) is 25.1 Å². The zero-order chi connectivity index (χ0) is 15.8. The summed E-state index contributed by atoms with van der Waals surface area (Å²) in [6.07, 6.45) is 4.13. The molecule has 1 atom stereocenters. The number of nitrogens with zero attached hydrogens (tertiary/aromatic N) is 4. The van der Waals surface area contributed by atoms with Crippen molar-refractivity contribution in [2.75, 3.05) is 0 Å². The van der Waals surface area contributed by atoms with Crippen molar-refractivity contribution in [1.29, 1.82) is 0 Å². The third-order valence-corrected chi connectivity index (χ3v) is 3.81. The molecule has 0 saturated carbocycles. The molecule has 0 aliphatic carbocycles. The molecule has 0 radical (unpaired) electrons. The second-order valence-corrected chi connectivity index (χ2v) is 5.29. The number of imidazole rings is 1. The van der Waals surface area contributed by atoms with Crippen LogP contribution in [0.1, 0.15) is 37.2 Å². The van der Waals surface area contributed by atoms with E-state index >= 15 is 0 Å². The Morgan fingerprint density at radius 1 is 1.26 bits per heavy atom. The summed E-state index contributed by atoms with van der Waals surface area (Å²) in [6.45, 7) is 4.01. The maximum Gasteiger partial charge on any atom is 0.260 e. The Labute approximate surface area is 131 Å². The maximum absolute atomic E-state index is 5.44. The molecule has 4 heterocycles. The fourth-order valence-corrected chi connectivity index (χ4v) is 2.49. The number of H-pyrrole nitrogens is 1. The first-order chi connectivity index (χ1) is 11.3. The van der Waals surface area contributed by atoms with E-state index in [2.05, 4.69) is 25.1 Å². The first-order valence-corrected chi connectivity index (χ1v) is 7.47. The lowest BCUT2D eigenvalue weighted by molar-refractivity contribution is 0.413. The van der Waals surface area contributed by atoms with E-state index in [0.29, 0.717) is 17.4 Å². The summed E-state index contributed by atoms with van der Waals surface area (Å²) in [5, 5.41) is 4.08. The van der Waals surface area contributed by atoms with Gasteiger partial charge < -0.3 is 13.9 Å². The van der Waals surface area contributed by atoms with E-state index < -0.39 is 0 Å². The molecule has 4 aromatic rings. The monoisotopic (exact) mass is 309 g/mol. The third-order valence-electron chi connectivity index (χ3n) is 3.81. The van der Waals surface area contributed by atoms with Crippen LogP contribution in [0.5, 0.6) is 0 Å². The SMILES string of the molecule is CCc1nc2nccc(-c3nc(C(C)c4ccco4)no3)c2[nH]1. The van der Waals surface area contributed by atoms with Crippen molar-refractivity contribution in [3.63, 3.8) is 0 Å². The number of hydrogen-bond donors (Lipinski definition) is 1. The van der Waals surface area contributed by atoms with Gasteiger partial charge in [0.2, 0.25) is 0 Å². The van der Waals surface area contributed by atoms with Crippen LogP contribution >= 0.6 is 0 Å². The topological polar surface area (TPSA) is 93.6 Å². The molecule has 0 saturated heterocycles. The van der Waals surface area contributed by atoms with Crippen LogP contribution < -0.4 is 0 Å². The van der Waals surface area contributed by atoms with Gasteiger partial charge in [0.15, 0.2) is 11.5 Å². The summed E-state index contributed by atoms with van der Waals surface area (Å²) in [4.78, 5) is 16.5. The quantitative estimate of drug-likeness (QED) is 0.621. The molecule has 0 aliphatic rings. The summed E-state index contributed by atoms with van der Waals surface area (Å²) in [5.41, 5.74) is 2.26. The normalized spacial score (nSPS) is 12.8. The van der Waals surface area contributed by atoms with Crippen molar-refractivity contribution in [2.24, 2.45) is 0 Å². The van der Waals surface area contributed by atoms with Crippen molar-refractivity contribution in [3.8, 4) is 11.5 Å². The van der Waals surface area contributed by atoms with Crippen LogP contribution in [0.3, 0.4) is 0 Å². The van der Waals surface area contributed by atoms with Gasteiger partial charge >= 0.3 is 0 Å². The smallest absolute Gasteiger partial charge is 0.260 e. The number of hydrogen-bond acceptors (Lipinski definition) is 6. The molecule has 0 aliphatic heterocycles. The van der Waals surface area contributed by atoms with E-state index in [1.807, 2.05) is 32.0 Å². The number of furan rings is 1. The van der Waals surface area contributed by atoms with Crippen LogP contribution in [-0.2, 0) is 6.42 Å². The molecule has 1 unspecified atom stereocenters. The van der Waals surface area contributed by atoms with Gasteiger partial charge in [0.25, 0.3) is 5.89 Å². The summed E-state index contributed by atoms with van der Waals surface area (Å²) >= 11 is 0. The van der Waals surface area contributed by atoms with Gasteiger partial charge in [0.1, 0.15) is 11.6 Å². The molecule has 0 aromatic carbocycles. The van der Waals surface area contributed by atoms with Crippen molar-refractivity contribution in [2.45, 2.75) is 26.2 Å². The highest BCUT2D eigenvalue weighted by Gasteiger charge is 2.20. The van der Waals surface area contributed by atoms with E-state index in [9.17, 15) is 0 Å². The Balaban J connectivity index is 1.76. The Bertz CT molecular complexity index is 939. The van der Waals surface area contributed by atoms with Crippen LogP contribution in [0.2, 0.25) is 0 Å². The lowest BCUT2D eigenvalue weighted by Gasteiger charge is -2.00. The van der Waals surface area contributed by atoms with E-state index in [4.69, 9.17) is 8.94 Å². The van der Waals surface area contributed by atoms with E-state index in [-0.39, 0.29) is 5.92 Å². The highest BCUT2D eigenvalue weighted by atomic mass is 16.5. The van der Waals surface area contributed by atoms with Crippen LogP contribution in [-0.4, -0.2) is 25.1 Å². The molecule has 0 fully saturated rings. The minimum absolute atomic E-state index is 0.0761. The maximum atomic E-state index is 5.44. The van der Waals surface area contributed by atoms with Crippen molar-refractivity contribution in [3.05, 3.63) is 48.1 Å². The van der Waals surface area contributed by atoms with Crippen LogP contribution in [0.4, 0.5) is 0 Å². The number of fused-ring (bicyclic) bond motifs is 1. The van der Waals surface area contributed by atoms with Crippen molar-refractivity contribution >= 4 is 11.2 Å². The average molecular weight is 309 g/mol. The lowest BCUT2D eigenvalue weighted by atomic mass is 10.1. The second-order valence-electron chi connectivity index (χ2n) is 5.29. The summed E-state index contributed by atoms with van der Waals surface area (Å²) in [5.74, 6) is 2.62. The Morgan fingerprint density at radius 3 is 2.96 bits per heavy atom. The van der Waals surface area contributed by atoms with Crippen LogP contribution in [0.15, 0.2) is 39.6 Å². The molecule has 4 rings (SSSR count). The predicted octanol–water partition coefficient (Wildman–Crippen LogP) is 3.32. The molecule has 116 valence electrons. The average Bonchev–Trinajstić information content (AvgIpc) is 3.32. The zero-order valence-electron chi connectivity index (χ0n) is 12.8. The Kier molecular flexibility index (Phi) is 3.18. The Morgan fingerprint density at radius 2 is 2.17 bits per heavy atom. The molecular formula is C16H15N5O2. The molecule has 4 aromatic heterocycles. The van der Waals surface area contributed by atoms with E-state index in [0.717, 1.165) is 29.1 Å². The zero-order valence-corrected chi connectivity index (χ0v) is 12.8. The number of pyridine rings is 1. The van der Waals surface area contributed by atoms with Gasteiger partial charge in [-0.3, -0.25) is 0 Å². The molecule has 1 N–H and O–H groups in total. The van der Waals surface area contributed by atoms with Gasteiger partial charge in [-0.25, -0.2) is 9.97 Å². The van der Waals surface area contributed by atoms with E-state index in [1.165, 1.54) is 0 Å². The first kappa shape index (κ1) is 13.7. The van der Waals surface area contributed by atoms with Crippen molar-refractivity contribution in [1.82, 2.24) is 25.1 Å². The first-order valence-electron chi connectivity index (χ1n) is 7.47. The third kappa shape index (κ3) is 2.30. The number of aromatic amines is 1. The molecule has 0 spiro atoms. The van der Waals surface area contributed by atoms with Gasteiger partial charge in [0.05, 0.1) is 23.3 Å². The number of nitrogens with one attached hydrogen (secondary N) is 1. The molecule has 7 heteroatoms. The number of aromatic nitrogens is 5. The highest BCUT2D eigenvalue weighted by Crippen LogP contribution is 2.28. The number of aryl methyl sites for hydroxylation is 1. The standard InChI is InChI=1S/C16H15N5O2/c1-3-12-18-13-10(6-7-17-15(13)19-12)16-20-14(21-23-16)9(2)11-5-4-8-22-11/h4-9H,3H2,1-2H3,(H,17,18,19).